The highest BCUT2D eigenvalue weighted by molar-refractivity contribution is 5.90. The average Bonchev–Trinajstić information content (AvgIpc) is 3.32. The Morgan fingerprint density at radius 1 is 0.250 bits per heavy atom. The first-order chi connectivity index (χ1) is 29.8. The minimum atomic E-state index is 1.11. The summed E-state index contributed by atoms with van der Waals surface area (Å²) in [5.41, 5.74) is 13.8. The van der Waals surface area contributed by atoms with Crippen LogP contribution in [-0.4, -0.2) is 0 Å². The Bertz CT molecular complexity index is 2650. The summed E-state index contributed by atoms with van der Waals surface area (Å²) in [6.07, 6.45) is 30.3. The van der Waals surface area contributed by atoms with Crippen LogP contribution in [0.25, 0.3) is 45.6 Å². The lowest BCUT2D eigenvalue weighted by molar-refractivity contribution is 1.57. The van der Waals surface area contributed by atoms with E-state index < -0.39 is 0 Å². The van der Waals surface area contributed by atoms with Gasteiger partial charge in [0, 0.05) is 0 Å². The summed E-state index contributed by atoms with van der Waals surface area (Å²) in [6.45, 7) is 0. The van der Waals surface area contributed by atoms with Gasteiger partial charge >= 0.3 is 0 Å². The Morgan fingerprint density at radius 2 is 0.567 bits per heavy atom. The molecule has 0 aliphatic carbocycles. The fourth-order valence-corrected chi connectivity index (χ4v) is 6.72. The van der Waals surface area contributed by atoms with Crippen LogP contribution in [0.5, 0.6) is 0 Å². The molecule has 0 aliphatic rings. The molecule has 0 saturated carbocycles. The highest BCUT2D eigenvalue weighted by atomic mass is 14.1. The van der Waals surface area contributed by atoms with Crippen molar-refractivity contribution in [3.63, 3.8) is 0 Å². The molecule has 0 aliphatic heterocycles. The van der Waals surface area contributed by atoms with Gasteiger partial charge in [-0.2, -0.15) is 0 Å². The predicted molar refractivity (Wildman–Crippen MR) is 261 cm³/mol. The normalized spacial score (nSPS) is 13.1. The second-order valence-electron chi connectivity index (χ2n) is 14.1. The van der Waals surface area contributed by atoms with Gasteiger partial charge in [0.05, 0.1) is 0 Å². The molecule has 60 heavy (non-hydrogen) atoms. The van der Waals surface area contributed by atoms with Crippen LogP contribution < -0.4 is 0 Å². The second kappa shape index (κ2) is 22.2. The first-order valence-corrected chi connectivity index (χ1v) is 20.4. The first-order valence-electron chi connectivity index (χ1n) is 20.4. The summed E-state index contributed by atoms with van der Waals surface area (Å²) in [6, 6.07) is 71.9. The molecular weight excluding hydrogens is 721 g/mol. The van der Waals surface area contributed by atoms with Gasteiger partial charge in [0.25, 0.3) is 0 Å². The molecule has 0 amide bonds. The monoisotopic (exact) mass is 768 g/mol. The van der Waals surface area contributed by atoms with Gasteiger partial charge < -0.3 is 0 Å². The maximum atomic E-state index is 2.28. The van der Waals surface area contributed by atoms with E-state index in [0.29, 0.717) is 0 Å². The van der Waals surface area contributed by atoms with Crippen LogP contribution in [0.2, 0.25) is 0 Å². The van der Waals surface area contributed by atoms with Crippen molar-refractivity contribution in [2.75, 3.05) is 0 Å². The lowest BCUT2D eigenvalue weighted by Crippen LogP contribution is -1.86. The van der Waals surface area contributed by atoms with Crippen LogP contribution in [0, 0.1) is 0 Å². The molecule has 0 unspecified atom stereocenters. The summed E-state index contributed by atoms with van der Waals surface area (Å²) in [7, 11) is 0. The minimum Gasteiger partial charge on any atom is -0.0622 e. The lowest BCUT2D eigenvalue weighted by Gasteiger charge is -2.09. The SMILES string of the molecule is C(=C/C=C/C(=C/C(=C/C=C/c1ccccc1)c1ccccc1)c1ccc(-c2ccccc2)cc1)/C=C/C(=C/C(=C/C=C/c1ccccc1)c1ccccc1)c1ccccc1. The van der Waals surface area contributed by atoms with Crippen molar-refractivity contribution in [2.24, 2.45) is 0 Å². The smallest absolute Gasteiger partial charge is 0.0178 e. The molecule has 0 bridgehead atoms. The molecule has 0 radical (unpaired) electrons. The van der Waals surface area contributed by atoms with Crippen molar-refractivity contribution >= 4 is 34.4 Å². The third-order valence-corrected chi connectivity index (χ3v) is 9.88. The van der Waals surface area contributed by atoms with E-state index in [1.165, 1.54) is 16.7 Å². The van der Waals surface area contributed by atoms with E-state index in [4.69, 9.17) is 0 Å². The number of benzene rings is 7. The zero-order valence-corrected chi connectivity index (χ0v) is 33.7. The van der Waals surface area contributed by atoms with Gasteiger partial charge in [-0.25, -0.2) is 0 Å². The average molecular weight is 769 g/mol. The summed E-state index contributed by atoms with van der Waals surface area (Å²) in [4.78, 5) is 0. The summed E-state index contributed by atoms with van der Waals surface area (Å²) in [5, 5.41) is 0. The summed E-state index contributed by atoms with van der Waals surface area (Å²) >= 11 is 0. The van der Waals surface area contributed by atoms with Crippen molar-refractivity contribution in [2.45, 2.75) is 0 Å². The maximum Gasteiger partial charge on any atom is -0.0178 e. The van der Waals surface area contributed by atoms with Gasteiger partial charge in [0.2, 0.25) is 0 Å². The van der Waals surface area contributed by atoms with Crippen molar-refractivity contribution in [1.82, 2.24) is 0 Å². The van der Waals surface area contributed by atoms with E-state index in [-0.39, 0.29) is 0 Å². The van der Waals surface area contributed by atoms with Gasteiger partial charge in [0.1, 0.15) is 0 Å². The number of hydrogen-bond donors (Lipinski definition) is 0. The largest absolute Gasteiger partial charge is 0.0622 e. The van der Waals surface area contributed by atoms with Crippen molar-refractivity contribution in [1.29, 1.82) is 0 Å². The molecule has 0 heterocycles. The molecular formula is C60H48. The molecule has 288 valence electrons. The molecule has 0 nitrogen and oxygen atoms in total. The Kier molecular flexibility index (Phi) is 15.0. The van der Waals surface area contributed by atoms with Gasteiger partial charge in [-0.05, 0) is 79.0 Å². The van der Waals surface area contributed by atoms with Gasteiger partial charge in [-0.15, -0.1) is 0 Å². The Morgan fingerprint density at radius 3 is 0.967 bits per heavy atom. The molecule has 0 spiro atoms. The molecule has 0 fully saturated rings. The quantitative estimate of drug-likeness (QED) is 0.0912. The van der Waals surface area contributed by atoms with Gasteiger partial charge in [-0.3, -0.25) is 0 Å². The van der Waals surface area contributed by atoms with E-state index in [1.54, 1.807) is 0 Å². The van der Waals surface area contributed by atoms with Crippen LogP contribution in [0.15, 0.2) is 279 Å². The minimum absolute atomic E-state index is 1.11. The summed E-state index contributed by atoms with van der Waals surface area (Å²) in [5.74, 6) is 0. The van der Waals surface area contributed by atoms with Crippen LogP contribution in [0.3, 0.4) is 0 Å². The van der Waals surface area contributed by atoms with Crippen LogP contribution >= 0.6 is 0 Å². The second-order valence-corrected chi connectivity index (χ2v) is 14.1. The zero-order chi connectivity index (χ0) is 40.9. The van der Waals surface area contributed by atoms with Crippen molar-refractivity contribution < 1.29 is 0 Å². The van der Waals surface area contributed by atoms with Gasteiger partial charge in [0.15, 0.2) is 0 Å². The number of hydrogen-bond acceptors (Lipinski definition) is 0. The first kappa shape index (κ1) is 40.4. The van der Waals surface area contributed by atoms with Gasteiger partial charge in [-0.1, -0.05) is 279 Å². The number of allylic oxidation sites excluding steroid dienone is 16. The third kappa shape index (κ3) is 12.3. The molecule has 7 aromatic carbocycles. The van der Waals surface area contributed by atoms with E-state index in [2.05, 4.69) is 279 Å². The van der Waals surface area contributed by atoms with E-state index in [0.717, 1.165) is 50.1 Å². The fourth-order valence-electron chi connectivity index (χ4n) is 6.72. The summed E-state index contributed by atoms with van der Waals surface area (Å²) < 4.78 is 0. The highest BCUT2D eigenvalue weighted by Crippen LogP contribution is 2.28. The van der Waals surface area contributed by atoms with Crippen LogP contribution in [0.1, 0.15) is 33.4 Å². The molecule has 0 saturated heterocycles. The Hall–Kier alpha value is -7.80. The zero-order valence-electron chi connectivity index (χ0n) is 33.7. The van der Waals surface area contributed by atoms with Crippen LogP contribution in [-0.2, 0) is 0 Å². The predicted octanol–water partition coefficient (Wildman–Crippen LogP) is 16.1. The third-order valence-electron chi connectivity index (χ3n) is 9.88. The Labute approximate surface area is 356 Å². The number of rotatable bonds is 15. The fraction of sp³-hybridized carbons (Fsp3) is 0. The maximum absolute atomic E-state index is 2.28. The van der Waals surface area contributed by atoms with E-state index in [1.807, 2.05) is 12.1 Å². The molecule has 0 aromatic heterocycles. The molecule has 0 heteroatoms. The van der Waals surface area contributed by atoms with E-state index in [9.17, 15) is 0 Å². The molecule has 0 atom stereocenters. The standard InChI is InChI=1S/C60H48/c1(13-39-57(52-33-17-6-18-34-52)47-59(53-35-19-7-20-36-53)41-23-29-49-25-9-3-10-26-49)2-14-40-58(56-45-43-55(44-46-56)51-31-15-5-16-32-51)48-60(54-37-21-8-22-38-54)42-24-30-50-27-11-4-12-28-50/h1-48H/b2-1-,29-23+,30-24+,39-13+,40-14+,57-47-,58-48-,59-41-,60-42-. The topological polar surface area (TPSA) is 0 Å². The highest BCUT2D eigenvalue weighted by Gasteiger charge is 2.05. The van der Waals surface area contributed by atoms with Crippen molar-refractivity contribution in [3.05, 3.63) is 313 Å². The molecule has 7 aromatic rings. The lowest BCUT2D eigenvalue weighted by atomic mass is 9.96. The molecule has 0 N–H and O–H groups in total. The van der Waals surface area contributed by atoms with Crippen molar-refractivity contribution in [3.8, 4) is 11.1 Å². The molecule has 7 rings (SSSR count). The Balaban J connectivity index is 1.20. The van der Waals surface area contributed by atoms with E-state index >= 15 is 0 Å². The van der Waals surface area contributed by atoms with Crippen LogP contribution in [0.4, 0.5) is 0 Å².